The van der Waals surface area contributed by atoms with E-state index in [1.54, 1.807) is 0 Å². The molecule has 1 aliphatic rings. The van der Waals surface area contributed by atoms with Crippen molar-refractivity contribution in [2.75, 3.05) is 13.1 Å². The lowest BCUT2D eigenvalue weighted by Crippen LogP contribution is -2.46. The van der Waals surface area contributed by atoms with E-state index in [9.17, 15) is 4.79 Å². The molecule has 0 aromatic heterocycles. The highest BCUT2D eigenvalue weighted by molar-refractivity contribution is 5.82. The van der Waals surface area contributed by atoms with Crippen LogP contribution >= 0.6 is 0 Å². The first-order chi connectivity index (χ1) is 9.20. The highest BCUT2D eigenvalue weighted by Gasteiger charge is 2.28. The molecule has 0 heterocycles. The molecule has 19 heavy (non-hydrogen) atoms. The van der Waals surface area contributed by atoms with Crippen molar-refractivity contribution < 1.29 is 4.79 Å². The zero-order chi connectivity index (χ0) is 13.7. The molecule has 3 heteroatoms. The number of carbonyl (C=O) groups excluding carboxylic acids is 1. The molecular formula is C16H24N2O. The number of nitrogens with zero attached hydrogens (tertiary/aromatic N) is 1. The predicted molar refractivity (Wildman–Crippen MR) is 77.7 cm³/mol. The number of rotatable bonds is 7. The summed E-state index contributed by atoms with van der Waals surface area (Å²) >= 11 is 0. The molecule has 0 saturated heterocycles. The van der Waals surface area contributed by atoms with Crippen molar-refractivity contribution in [3.63, 3.8) is 0 Å². The Morgan fingerprint density at radius 3 is 2.63 bits per heavy atom. The molecule has 0 aliphatic heterocycles. The maximum absolute atomic E-state index is 12.4. The molecule has 1 atom stereocenters. The van der Waals surface area contributed by atoms with Gasteiger partial charge in [0.05, 0.1) is 6.04 Å². The van der Waals surface area contributed by atoms with Crippen LogP contribution in [0.25, 0.3) is 0 Å². The molecule has 0 unspecified atom stereocenters. The van der Waals surface area contributed by atoms with Crippen molar-refractivity contribution in [3.8, 4) is 0 Å². The predicted octanol–water partition coefficient (Wildman–Crippen LogP) is 2.21. The van der Waals surface area contributed by atoms with Gasteiger partial charge >= 0.3 is 0 Å². The third-order valence-corrected chi connectivity index (χ3v) is 3.60. The molecule has 1 fully saturated rings. The summed E-state index contributed by atoms with van der Waals surface area (Å²) in [5, 5.41) is 0. The fourth-order valence-corrected chi connectivity index (χ4v) is 2.36. The van der Waals surface area contributed by atoms with Crippen molar-refractivity contribution in [1.29, 1.82) is 0 Å². The number of carbonyl (C=O) groups is 1. The molecule has 104 valence electrons. The Hall–Kier alpha value is -1.35. The molecule has 1 aromatic rings. The van der Waals surface area contributed by atoms with Crippen LogP contribution in [0.3, 0.4) is 0 Å². The fourth-order valence-electron chi connectivity index (χ4n) is 2.36. The maximum Gasteiger partial charge on any atom is 0.239 e. The van der Waals surface area contributed by atoms with E-state index in [0.717, 1.165) is 31.0 Å². The van der Waals surface area contributed by atoms with E-state index in [1.807, 2.05) is 35.2 Å². The number of hydrogen-bond acceptors (Lipinski definition) is 2. The minimum atomic E-state index is -0.410. The van der Waals surface area contributed by atoms with Gasteiger partial charge in [-0.15, -0.1) is 0 Å². The van der Waals surface area contributed by atoms with E-state index in [2.05, 4.69) is 6.92 Å². The molecule has 1 saturated carbocycles. The Morgan fingerprint density at radius 1 is 1.37 bits per heavy atom. The van der Waals surface area contributed by atoms with Crippen LogP contribution in [-0.2, 0) is 11.2 Å². The topological polar surface area (TPSA) is 46.3 Å². The normalized spacial score (nSPS) is 16.1. The van der Waals surface area contributed by atoms with E-state index in [-0.39, 0.29) is 5.91 Å². The van der Waals surface area contributed by atoms with Gasteiger partial charge in [-0.2, -0.15) is 0 Å². The third-order valence-electron chi connectivity index (χ3n) is 3.60. The molecule has 0 spiro atoms. The van der Waals surface area contributed by atoms with Gasteiger partial charge in [0.25, 0.3) is 0 Å². The minimum Gasteiger partial charge on any atom is -0.341 e. The van der Waals surface area contributed by atoms with Crippen LogP contribution in [-0.4, -0.2) is 29.9 Å². The van der Waals surface area contributed by atoms with Crippen LogP contribution in [0.15, 0.2) is 30.3 Å². The Kier molecular flexibility index (Phi) is 4.97. The van der Waals surface area contributed by atoms with Crippen LogP contribution < -0.4 is 5.73 Å². The molecule has 1 amide bonds. The number of benzene rings is 1. The van der Waals surface area contributed by atoms with Crippen molar-refractivity contribution in [2.24, 2.45) is 11.7 Å². The largest absolute Gasteiger partial charge is 0.341 e. The van der Waals surface area contributed by atoms with Crippen molar-refractivity contribution in [1.82, 2.24) is 4.90 Å². The van der Waals surface area contributed by atoms with Gasteiger partial charge in [0, 0.05) is 13.1 Å². The van der Waals surface area contributed by atoms with Gasteiger partial charge in [0.15, 0.2) is 0 Å². The molecular weight excluding hydrogens is 236 g/mol. The monoisotopic (exact) mass is 260 g/mol. The van der Waals surface area contributed by atoms with Crippen LogP contribution in [0.1, 0.15) is 31.7 Å². The second-order valence-electron chi connectivity index (χ2n) is 5.52. The van der Waals surface area contributed by atoms with Crippen LogP contribution in [0.2, 0.25) is 0 Å². The second kappa shape index (κ2) is 6.71. The number of amides is 1. The van der Waals surface area contributed by atoms with Gasteiger partial charge in [0.1, 0.15) is 0 Å². The summed E-state index contributed by atoms with van der Waals surface area (Å²) in [7, 11) is 0. The molecule has 2 rings (SSSR count). The minimum absolute atomic E-state index is 0.109. The highest BCUT2D eigenvalue weighted by Crippen LogP contribution is 2.29. The Morgan fingerprint density at radius 2 is 2.05 bits per heavy atom. The summed E-state index contributed by atoms with van der Waals surface area (Å²) in [5.41, 5.74) is 7.22. The molecule has 0 bridgehead atoms. The third kappa shape index (κ3) is 4.35. The Labute approximate surface area is 115 Å². The first kappa shape index (κ1) is 14.1. The van der Waals surface area contributed by atoms with Gasteiger partial charge in [-0.3, -0.25) is 4.79 Å². The Balaban J connectivity index is 1.91. The molecule has 0 radical (unpaired) electrons. The summed E-state index contributed by atoms with van der Waals surface area (Å²) < 4.78 is 0. The summed E-state index contributed by atoms with van der Waals surface area (Å²) in [4.78, 5) is 14.4. The van der Waals surface area contributed by atoms with Crippen LogP contribution in [0.4, 0.5) is 0 Å². The van der Waals surface area contributed by atoms with Gasteiger partial charge in [-0.25, -0.2) is 0 Å². The first-order valence-electron chi connectivity index (χ1n) is 7.29. The molecule has 1 aromatic carbocycles. The summed E-state index contributed by atoms with van der Waals surface area (Å²) in [6.07, 6.45) is 4.16. The lowest BCUT2D eigenvalue weighted by molar-refractivity contribution is -0.132. The maximum atomic E-state index is 12.4. The average Bonchev–Trinajstić information content (AvgIpc) is 3.22. The van der Waals surface area contributed by atoms with Crippen molar-refractivity contribution >= 4 is 5.91 Å². The Bertz CT molecular complexity index is 400. The molecule has 2 N–H and O–H groups in total. The summed E-state index contributed by atoms with van der Waals surface area (Å²) in [5.74, 6) is 0.831. The van der Waals surface area contributed by atoms with E-state index in [4.69, 9.17) is 5.73 Å². The van der Waals surface area contributed by atoms with Gasteiger partial charge < -0.3 is 10.6 Å². The fraction of sp³-hybridized carbons (Fsp3) is 0.562. The lowest BCUT2D eigenvalue weighted by Gasteiger charge is -2.25. The lowest BCUT2D eigenvalue weighted by atomic mass is 10.1. The van der Waals surface area contributed by atoms with Gasteiger partial charge in [-0.1, -0.05) is 37.3 Å². The van der Waals surface area contributed by atoms with Crippen LogP contribution in [0, 0.1) is 5.92 Å². The second-order valence-corrected chi connectivity index (χ2v) is 5.52. The van der Waals surface area contributed by atoms with Crippen molar-refractivity contribution in [3.05, 3.63) is 35.9 Å². The summed E-state index contributed by atoms with van der Waals surface area (Å²) in [6.45, 7) is 3.84. The number of nitrogens with two attached hydrogens (primary N) is 1. The van der Waals surface area contributed by atoms with Gasteiger partial charge in [-0.05, 0) is 37.2 Å². The first-order valence-corrected chi connectivity index (χ1v) is 7.29. The SMILES string of the molecule is CCCN(CC1CC1)C(=O)[C@H](N)Cc1ccccc1. The van der Waals surface area contributed by atoms with E-state index < -0.39 is 6.04 Å². The van der Waals surface area contributed by atoms with E-state index >= 15 is 0 Å². The summed E-state index contributed by atoms with van der Waals surface area (Å²) in [6, 6.07) is 9.60. The average molecular weight is 260 g/mol. The standard InChI is InChI=1S/C16H24N2O/c1-2-10-18(12-14-8-9-14)16(19)15(17)11-13-6-4-3-5-7-13/h3-7,14-15H,2,8-12,17H2,1H3/t15-/m1/s1. The molecule has 1 aliphatic carbocycles. The molecule has 3 nitrogen and oxygen atoms in total. The van der Waals surface area contributed by atoms with Crippen molar-refractivity contribution in [2.45, 2.75) is 38.6 Å². The smallest absolute Gasteiger partial charge is 0.239 e. The number of hydrogen-bond donors (Lipinski definition) is 1. The quantitative estimate of drug-likeness (QED) is 0.817. The zero-order valence-corrected chi connectivity index (χ0v) is 11.7. The van der Waals surface area contributed by atoms with E-state index in [0.29, 0.717) is 6.42 Å². The van der Waals surface area contributed by atoms with E-state index in [1.165, 1.54) is 12.8 Å². The van der Waals surface area contributed by atoms with Crippen LogP contribution in [0.5, 0.6) is 0 Å². The zero-order valence-electron chi connectivity index (χ0n) is 11.7. The highest BCUT2D eigenvalue weighted by atomic mass is 16.2. The van der Waals surface area contributed by atoms with Gasteiger partial charge in [0.2, 0.25) is 5.91 Å².